The topological polar surface area (TPSA) is 49.7 Å². The van der Waals surface area contributed by atoms with Crippen molar-refractivity contribution in [3.8, 4) is 23.3 Å². The summed E-state index contributed by atoms with van der Waals surface area (Å²) < 4.78 is 5.80. The van der Waals surface area contributed by atoms with Gasteiger partial charge in [-0.2, -0.15) is 0 Å². The van der Waals surface area contributed by atoms with E-state index >= 15 is 0 Å². The molecule has 2 rings (SSSR count). The molecule has 2 N–H and O–H groups in total. The normalized spacial score (nSPS) is 17.2. The standard InChI is InChI=1S/C16H18O3/c1-10(2)5-6-11-7-13(17)8-12-9-14(16(3,4)18)19-15(11)12/h7-8,14,17-18H,1,9H2,2-4H3/t14-/m1/s1. The van der Waals surface area contributed by atoms with Gasteiger partial charge in [-0.3, -0.25) is 0 Å². The van der Waals surface area contributed by atoms with Gasteiger partial charge in [0.25, 0.3) is 0 Å². The van der Waals surface area contributed by atoms with Gasteiger partial charge in [0.2, 0.25) is 0 Å². The monoisotopic (exact) mass is 258 g/mol. The van der Waals surface area contributed by atoms with Crippen molar-refractivity contribution >= 4 is 0 Å². The molecule has 0 spiro atoms. The fraction of sp³-hybridized carbons (Fsp3) is 0.375. The fourth-order valence-corrected chi connectivity index (χ4v) is 2.01. The average Bonchev–Trinajstić information content (AvgIpc) is 2.68. The van der Waals surface area contributed by atoms with Crippen LogP contribution in [0.15, 0.2) is 24.3 Å². The minimum Gasteiger partial charge on any atom is -0.508 e. The molecular formula is C16H18O3. The Labute approximate surface area is 113 Å². The Morgan fingerprint density at radius 1 is 1.47 bits per heavy atom. The van der Waals surface area contributed by atoms with E-state index < -0.39 is 5.60 Å². The zero-order valence-electron chi connectivity index (χ0n) is 11.4. The number of benzene rings is 1. The Kier molecular flexibility index (Phi) is 3.30. The van der Waals surface area contributed by atoms with Crippen molar-refractivity contribution in [2.75, 3.05) is 0 Å². The highest BCUT2D eigenvalue weighted by atomic mass is 16.5. The molecule has 3 heteroatoms. The van der Waals surface area contributed by atoms with Gasteiger partial charge in [-0.15, -0.1) is 0 Å². The minimum atomic E-state index is -0.937. The van der Waals surface area contributed by atoms with E-state index in [4.69, 9.17) is 4.74 Å². The molecular weight excluding hydrogens is 240 g/mol. The van der Waals surface area contributed by atoms with Crippen LogP contribution in [0.3, 0.4) is 0 Å². The molecule has 0 amide bonds. The third-order valence-electron chi connectivity index (χ3n) is 3.01. The van der Waals surface area contributed by atoms with Crippen LogP contribution in [0.2, 0.25) is 0 Å². The number of ether oxygens (including phenoxy) is 1. The number of rotatable bonds is 1. The number of hydrogen-bond acceptors (Lipinski definition) is 3. The maximum Gasteiger partial charge on any atom is 0.139 e. The van der Waals surface area contributed by atoms with Crippen molar-refractivity contribution in [3.05, 3.63) is 35.4 Å². The number of aliphatic hydroxyl groups is 1. The van der Waals surface area contributed by atoms with Crippen molar-refractivity contribution in [1.82, 2.24) is 0 Å². The highest BCUT2D eigenvalue weighted by Gasteiger charge is 2.36. The number of phenols is 1. The van der Waals surface area contributed by atoms with E-state index in [0.717, 1.165) is 11.1 Å². The quantitative estimate of drug-likeness (QED) is 0.760. The lowest BCUT2D eigenvalue weighted by Crippen LogP contribution is -2.39. The van der Waals surface area contributed by atoms with E-state index in [2.05, 4.69) is 18.4 Å². The maximum absolute atomic E-state index is 10.0. The molecule has 1 heterocycles. The molecule has 3 nitrogen and oxygen atoms in total. The second-order valence-corrected chi connectivity index (χ2v) is 5.48. The van der Waals surface area contributed by atoms with E-state index in [0.29, 0.717) is 17.7 Å². The van der Waals surface area contributed by atoms with Crippen molar-refractivity contribution in [1.29, 1.82) is 0 Å². The van der Waals surface area contributed by atoms with Gasteiger partial charge in [0.1, 0.15) is 17.6 Å². The van der Waals surface area contributed by atoms with Crippen LogP contribution in [0.1, 0.15) is 31.9 Å². The number of phenolic OH excluding ortho intramolecular Hbond substituents is 1. The summed E-state index contributed by atoms with van der Waals surface area (Å²) in [7, 11) is 0. The van der Waals surface area contributed by atoms with Crippen LogP contribution < -0.4 is 4.74 Å². The van der Waals surface area contributed by atoms with E-state index in [-0.39, 0.29) is 11.9 Å². The third kappa shape index (κ3) is 2.91. The molecule has 1 aromatic carbocycles. The SMILES string of the molecule is C=C(C)C#Cc1cc(O)cc2c1O[C@@H](C(C)(C)O)C2. The fourth-order valence-electron chi connectivity index (χ4n) is 2.01. The highest BCUT2D eigenvalue weighted by Crippen LogP contribution is 2.38. The van der Waals surface area contributed by atoms with Gasteiger partial charge in [0, 0.05) is 12.0 Å². The Morgan fingerprint density at radius 3 is 2.74 bits per heavy atom. The van der Waals surface area contributed by atoms with Crippen LogP contribution in [0, 0.1) is 11.8 Å². The smallest absolute Gasteiger partial charge is 0.139 e. The second-order valence-electron chi connectivity index (χ2n) is 5.48. The Bertz CT molecular complexity index is 582. The van der Waals surface area contributed by atoms with Crippen LogP contribution in [0.25, 0.3) is 0 Å². The summed E-state index contributed by atoms with van der Waals surface area (Å²) in [6, 6.07) is 3.23. The Morgan fingerprint density at radius 2 is 2.16 bits per heavy atom. The lowest BCUT2D eigenvalue weighted by Gasteiger charge is -2.24. The highest BCUT2D eigenvalue weighted by molar-refractivity contribution is 5.57. The van der Waals surface area contributed by atoms with Crippen LogP contribution in [-0.2, 0) is 6.42 Å². The third-order valence-corrected chi connectivity index (χ3v) is 3.01. The van der Waals surface area contributed by atoms with Crippen molar-refractivity contribution in [3.63, 3.8) is 0 Å². The van der Waals surface area contributed by atoms with Crippen LogP contribution >= 0.6 is 0 Å². The van der Waals surface area contributed by atoms with Gasteiger partial charge < -0.3 is 14.9 Å². The molecule has 0 radical (unpaired) electrons. The van der Waals surface area contributed by atoms with E-state index in [1.54, 1.807) is 26.0 Å². The van der Waals surface area contributed by atoms with Crippen LogP contribution in [0.4, 0.5) is 0 Å². The van der Waals surface area contributed by atoms with E-state index in [9.17, 15) is 10.2 Å². The van der Waals surface area contributed by atoms with E-state index in [1.807, 2.05) is 6.92 Å². The number of allylic oxidation sites excluding steroid dienone is 1. The summed E-state index contributed by atoms with van der Waals surface area (Å²) >= 11 is 0. The summed E-state index contributed by atoms with van der Waals surface area (Å²) in [5.41, 5.74) is 1.31. The average molecular weight is 258 g/mol. The van der Waals surface area contributed by atoms with Gasteiger partial charge in [-0.05, 0) is 38.5 Å². The van der Waals surface area contributed by atoms with Crippen molar-refractivity contribution < 1.29 is 14.9 Å². The summed E-state index contributed by atoms with van der Waals surface area (Å²) in [5, 5.41) is 19.8. The molecule has 0 bridgehead atoms. The van der Waals surface area contributed by atoms with Crippen molar-refractivity contribution in [2.24, 2.45) is 0 Å². The lowest BCUT2D eigenvalue weighted by molar-refractivity contribution is -0.0230. The predicted molar refractivity (Wildman–Crippen MR) is 74.2 cm³/mol. The molecule has 0 fully saturated rings. The first kappa shape index (κ1) is 13.5. The van der Waals surface area contributed by atoms with Gasteiger partial charge in [-0.1, -0.05) is 18.4 Å². The maximum atomic E-state index is 10.0. The largest absolute Gasteiger partial charge is 0.508 e. The first-order chi connectivity index (χ1) is 8.77. The van der Waals surface area contributed by atoms with Gasteiger partial charge in [-0.25, -0.2) is 0 Å². The van der Waals surface area contributed by atoms with Crippen LogP contribution in [0.5, 0.6) is 11.5 Å². The lowest BCUT2D eigenvalue weighted by atomic mass is 9.97. The number of hydrogen-bond donors (Lipinski definition) is 2. The molecule has 0 unspecified atom stereocenters. The molecule has 100 valence electrons. The molecule has 19 heavy (non-hydrogen) atoms. The Balaban J connectivity index is 2.42. The molecule has 1 aliphatic heterocycles. The summed E-state index contributed by atoms with van der Waals surface area (Å²) in [5.74, 6) is 6.62. The van der Waals surface area contributed by atoms with Gasteiger partial charge in [0.15, 0.2) is 0 Å². The molecule has 0 saturated heterocycles. The molecule has 0 aliphatic carbocycles. The van der Waals surface area contributed by atoms with E-state index in [1.165, 1.54) is 0 Å². The molecule has 1 aliphatic rings. The second kappa shape index (κ2) is 4.64. The number of fused-ring (bicyclic) bond motifs is 1. The molecule has 1 atom stereocenters. The zero-order chi connectivity index (χ0) is 14.2. The van der Waals surface area contributed by atoms with Crippen molar-refractivity contribution in [2.45, 2.75) is 38.9 Å². The number of aromatic hydroxyl groups is 1. The molecule has 1 aromatic rings. The Hall–Kier alpha value is -1.92. The predicted octanol–water partition coefficient (Wildman–Crippen LogP) is 2.39. The minimum absolute atomic E-state index is 0.157. The summed E-state index contributed by atoms with van der Waals surface area (Å²) in [6.07, 6.45) is 0.240. The molecule has 0 saturated carbocycles. The first-order valence-electron chi connectivity index (χ1n) is 6.20. The molecule has 0 aromatic heterocycles. The van der Waals surface area contributed by atoms with Crippen LogP contribution in [-0.4, -0.2) is 21.9 Å². The van der Waals surface area contributed by atoms with Gasteiger partial charge in [0.05, 0.1) is 11.2 Å². The zero-order valence-corrected chi connectivity index (χ0v) is 11.4. The summed E-state index contributed by atoms with van der Waals surface area (Å²) in [4.78, 5) is 0. The van der Waals surface area contributed by atoms with Gasteiger partial charge >= 0.3 is 0 Å². The summed E-state index contributed by atoms with van der Waals surface area (Å²) in [6.45, 7) is 8.96. The first-order valence-corrected chi connectivity index (χ1v) is 6.20.